The van der Waals surface area contributed by atoms with Crippen LogP contribution >= 0.6 is 0 Å². The summed E-state index contributed by atoms with van der Waals surface area (Å²) < 4.78 is 37.7. The van der Waals surface area contributed by atoms with Crippen molar-refractivity contribution in [3.05, 3.63) is 18.2 Å². The van der Waals surface area contributed by atoms with E-state index >= 15 is 0 Å². The second-order valence-electron chi connectivity index (χ2n) is 4.60. The van der Waals surface area contributed by atoms with Gasteiger partial charge in [0.1, 0.15) is 5.82 Å². The lowest BCUT2D eigenvalue weighted by Gasteiger charge is -2.23. The van der Waals surface area contributed by atoms with Crippen LogP contribution in [0.2, 0.25) is 0 Å². The molecule has 0 bridgehead atoms. The predicted octanol–water partition coefficient (Wildman–Crippen LogP) is 2.45. The number of hydrogen-bond acceptors (Lipinski definition) is 2. The zero-order chi connectivity index (χ0) is 13.1. The molecule has 0 saturated heterocycles. The molecule has 1 N–H and O–H groups in total. The van der Waals surface area contributed by atoms with Crippen molar-refractivity contribution in [3.63, 3.8) is 0 Å². The molecule has 0 fully saturated rings. The number of imidazole rings is 1. The van der Waals surface area contributed by atoms with E-state index in [4.69, 9.17) is 0 Å². The van der Waals surface area contributed by atoms with E-state index in [1.807, 2.05) is 0 Å². The smallest absolute Gasteiger partial charge is 0.389 e. The van der Waals surface area contributed by atoms with Crippen molar-refractivity contribution in [3.8, 4) is 0 Å². The summed E-state index contributed by atoms with van der Waals surface area (Å²) in [6.45, 7) is 1.54. The van der Waals surface area contributed by atoms with Gasteiger partial charge in [-0.2, -0.15) is 13.2 Å². The molecule has 98 valence electrons. The van der Waals surface area contributed by atoms with Crippen LogP contribution in [0.25, 0.3) is 0 Å². The number of aliphatic hydroxyl groups is 1. The summed E-state index contributed by atoms with van der Waals surface area (Å²) in [4.78, 5) is 4.04. The summed E-state index contributed by atoms with van der Waals surface area (Å²) in [5.74, 6) is 0.669. The van der Waals surface area contributed by atoms with E-state index in [0.717, 1.165) is 0 Å². The van der Waals surface area contributed by atoms with E-state index < -0.39 is 18.2 Å². The van der Waals surface area contributed by atoms with Crippen LogP contribution in [0, 0.1) is 0 Å². The third kappa shape index (κ3) is 5.21. The first-order valence-corrected chi connectivity index (χ1v) is 5.45. The van der Waals surface area contributed by atoms with E-state index in [1.165, 1.54) is 6.92 Å². The van der Waals surface area contributed by atoms with Crippen molar-refractivity contribution in [2.24, 2.45) is 7.05 Å². The van der Waals surface area contributed by atoms with E-state index in [9.17, 15) is 18.3 Å². The fourth-order valence-corrected chi connectivity index (χ4v) is 1.67. The highest BCUT2D eigenvalue weighted by Gasteiger charge is 2.29. The average molecular weight is 250 g/mol. The fourth-order valence-electron chi connectivity index (χ4n) is 1.67. The molecular formula is C11H17F3N2O. The van der Waals surface area contributed by atoms with Crippen molar-refractivity contribution >= 4 is 0 Å². The topological polar surface area (TPSA) is 38.0 Å². The Morgan fingerprint density at radius 1 is 1.35 bits per heavy atom. The van der Waals surface area contributed by atoms with Crippen LogP contribution in [0.3, 0.4) is 0 Å². The molecule has 1 atom stereocenters. The highest BCUT2D eigenvalue weighted by molar-refractivity contribution is 4.96. The molecule has 0 spiro atoms. The SMILES string of the molecule is Cn1ccnc1CC(C)(O)CCCC(F)(F)F. The Labute approximate surface area is 98.3 Å². The Kier molecular flexibility index (Phi) is 4.19. The normalized spacial score (nSPS) is 15.9. The highest BCUT2D eigenvalue weighted by Crippen LogP contribution is 2.26. The van der Waals surface area contributed by atoms with Crippen LogP contribution < -0.4 is 0 Å². The lowest BCUT2D eigenvalue weighted by atomic mass is 9.95. The zero-order valence-electron chi connectivity index (χ0n) is 9.96. The lowest BCUT2D eigenvalue weighted by molar-refractivity contribution is -0.137. The summed E-state index contributed by atoms with van der Waals surface area (Å²) in [6.07, 6.45) is -1.38. The Bertz CT molecular complexity index is 358. The maximum absolute atomic E-state index is 12.0. The number of nitrogens with zero attached hydrogens (tertiary/aromatic N) is 2. The zero-order valence-corrected chi connectivity index (χ0v) is 9.96. The van der Waals surface area contributed by atoms with Crippen LogP contribution in [-0.4, -0.2) is 26.4 Å². The van der Waals surface area contributed by atoms with Gasteiger partial charge in [-0.25, -0.2) is 4.98 Å². The first kappa shape index (κ1) is 14.0. The van der Waals surface area contributed by atoms with Gasteiger partial charge in [0.05, 0.1) is 5.60 Å². The number of aromatic nitrogens is 2. The molecule has 17 heavy (non-hydrogen) atoms. The molecule has 1 aromatic rings. The van der Waals surface area contributed by atoms with Gasteiger partial charge in [0, 0.05) is 32.3 Å². The Morgan fingerprint density at radius 3 is 2.47 bits per heavy atom. The van der Waals surface area contributed by atoms with E-state index in [2.05, 4.69) is 4.98 Å². The quantitative estimate of drug-likeness (QED) is 0.871. The molecule has 0 radical (unpaired) electrons. The van der Waals surface area contributed by atoms with Gasteiger partial charge in [-0.05, 0) is 19.8 Å². The maximum Gasteiger partial charge on any atom is 0.389 e. The van der Waals surface area contributed by atoms with Crippen LogP contribution in [0.4, 0.5) is 13.2 Å². The summed E-state index contributed by atoms with van der Waals surface area (Å²) in [5.41, 5.74) is -1.15. The largest absolute Gasteiger partial charge is 0.390 e. The molecule has 1 rings (SSSR count). The third-order valence-corrected chi connectivity index (χ3v) is 2.64. The Morgan fingerprint density at radius 2 is 2.00 bits per heavy atom. The molecule has 0 amide bonds. The molecule has 0 saturated carbocycles. The minimum atomic E-state index is -4.15. The van der Waals surface area contributed by atoms with Gasteiger partial charge in [-0.1, -0.05) is 0 Å². The van der Waals surface area contributed by atoms with E-state index in [-0.39, 0.29) is 19.3 Å². The summed E-state index contributed by atoms with van der Waals surface area (Å²) >= 11 is 0. The molecule has 0 aliphatic rings. The van der Waals surface area contributed by atoms with Crippen LogP contribution in [0.15, 0.2) is 12.4 Å². The molecule has 1 unspecified atom stereocenters. The third-order valence-electron chi connectivity index (χ3n) is 2.64. The van der Waals surface area contributed by atoms with Crippen molar-refractivity contribution in [2.45, 2.75) is 44.4 Å². The van der Waals surface area contributed by atoms with Crippen LogP contribution in [-0.2, 0) is 13.5 Å². The van der Waals surface area contributed by atoms with Gasteiger partial charge < -0.3 is 9.67 Å². The van der Waals surface area contributed by atoms with Crippen molar-refractivity contribution in [1.29, 1.82) is 0 Å². The summed E-state index contributed by atoms with van der Waals surface area (Å²) in [6, 6.07) is 0. The van der Waals surface area contributed by atoms with Gasteiger partial charge in [0.15, 0.2) is 0 Å². The molecule has 0 aliphatic carbocycles. The van der Waals surface area contributed by atoms with Crippen LogP contribution in [0.1, 0.15) is 32.0 Å². The average Bonchev–Trinajstić information content (AvgIpc) is 2.48. The standard InChI is InChI=1S/C11H17F3N2O/c1-10(17,4-3-5-11(12,13)14)8-9-15-6-7-16(9)2/h6-7,17H,3-5,8H2,1-2H3. The van der Waals surface area contributed by atoms with E-state index in [0.29, 0.717) is 5.82 Å². The molecule has 1 heterocycles. The predicted molar refractivity (Wildman–Crippen MR) is 57.4 cm³/mol. The minimum Gasteiger partial charge on any atom is -0.390 e. The molecular weight excluding hydrogens is 233 g/mol. The monoisotopic (exact) mass is 250 g/mol. The first-order chi connectivity index (χ1) is 7.70. The van der Waals surface area contributed by atoms with Gasteiger partial charge >= 0.3 is 6.18 Å². The van der Waals surface area contributed by atoms with Gasteiger partial charge in [-0.3, -0.25) is 0 Å². The Hall–Kier alpha value is -1.04. The van der Waals surface area contributed by atoms with Crippen molar-refractivity contribution in [2.75, 3.05) is 0 Å². The number of rotatable bonds is 5. The number of halogens is 3. The number of aryl methyl sites for hydroxylation is 1. The summed E-state index contributed by atoms with van der Waals surface area (Å²) in [7, 11) is 1.79. The second-order valence-corrected chi connectivity index (χ2v) is 4.60. The summed E-state index contributed by atoms with van der Waals surface area (Å²) in [5, 5.41) is 9.99. The molecule has 3 nitrogen and oxygen atoms in total. The van der Waals surface area contributed by atoms with Crippen molar-refractivity contribution in [1.82, 2.24) is 9.55 Å². The van der Waals surface area contributed by atoms with Gasteiger partial charge in [-0.15, -0.1) is 0 Å². The minimum absolute atomic E-state index is 0.0685. The molecule has 6 heteroatoms. The molecule has 0 aliphatic heterocycles. The number of hydrogen-bond donors (Lipinski definition) is 1. The van der Waals surface area contributed by atoms with Gasteiger partial charge in [0.25, 0.3) is 0 Å². The fraction of sp³-hybridized carbons (Fsp3) is 0.727. The molecule has 1 aromatic heterocycles. The van der Waals surface area contributed by atoms with E-state index in [1.54, 1.807) is 24.0 Å². The second kappa shape index (κ2) is 5.08. The highest BCUT2D eigenvalue weighted by atomic mass is 19.4. The van der Waals surface area contributed by atoms with Gasteiger partial charge in [0.2, 0.25) is 0 Å². The maximum atomic E-state index is 12.0. The number of alkyl halides is 3. The lowest BCUT2D eigenvalue weighted by Crippen LogP contribution is -2.29. The van der Waals surface area contributed by atoms with Crippen LogP contribution in [0.5, 0.6) is 0 Å². The Balaban J connectivity index is 2.44. The first-order valence-electron chi connectivity index (χ1n) is 5.45. The van der Waals surface area contributed by atoms with Crippen molar-refractivity contribution < 1.29 is 18.3 Å². The molecule has 0 aromatic carbocycles.